The summed E-state index contributed by atoms with van der Waals surface area (Å²) in [5, 5.41) is 14.5. The van der Waals surface area contributed by atoms with Crippen LogP contribution >= 0.6 is 0 Å². The lowest BCUT2D eigenvalue weighted by atomic mass is 10.1. The van der Waals surface area contributed by atoms with E-state index in [-0.39, 0.29) is 18.1 Å². The summed E-state index contributed by atoms with van der Waals surface area (Å²) in [4.78, 5) is 24.0. The van der Waals surface area contributed by atoms with E-state index in [4.69, 9.17) is 14.2 Å². The van der Waals surface area contributed by atoms with E-state index in [1.165, 1.54) is 13.2 Å². The van der Waals surface area contributed by atoms with E-state index in [0.29, 0.717) is 35.9 Å². The normalized spacial score (nSPS) is 10.6. The Kier molecular flexibility index (Phi) is 8.90. The van der Waals surface area contributed by atoms with E-state index in [1.54, 1.807) is 55.6 Å². The molecule has 0 heterocycles. The van der Waals surface area contributed by atoms with Crippen LogP contribution in [0.5, 0.6) is 11.5 Å². The van der Waals surface area contributed by atoms with Crippen LogP contribution in [0, 0.1) is 11.3 Å². The van der Waals surface area contributed by atoms with Crippen LogP contribution in [0.3, 0.4) is 0 Å². The number of ether oxygens (including phenoxy) is 3. The molecule has 8 heteroatoms. The highest BCUT2D eigenvalue weighted by atomic mass is 16.5. The number of rotatable bonds is 10. The molecule has 0 aliphatic heterocycles. The predicted octanol–water partition coefficient (Wildman–Crippen LogP) is 2.38. The van der Waals surface area contributed by atoms with Crippen molar-refractivity contribution in [1.29, 1.82) is 5.26 Å². The monoisotopic (exact) mass is 409 g/mol. The van der Waals surface area contributed by atoms with E-state index in [9.17, 15) is 14.9 Å². The van der Waals surface area contributed by atoms with Crippen LogP contribution in [-0.4, -0.2) is 45.8 Å². The standard InChI is InChI=1S/C22H23N3O5/c1-28-12-11-24-22(27)17(14-23)13-16-3-7-20(8-4-16)30-15-21(26)25-18-5-9-19(29-2)10-6-18/h3-10,13H,11-12,15H2,1-2H3,(H,24,27)(H,25,26)/b17-13+. The van der Waals surface area contributed by atoms with Gasteiger partial charge in [-0.2, -0.15) is 5.26 Å². The van der Waals surface area contributed by atoms with Crippen LogP contribution < -0.4 is 20.1 Å². The quantitative estimate of drug-likeness (QED) is 0.354. The van der Waals surface area contributed by atoms with Crippen LogP contribution in [0.2, 0.25) is 0 Å². The lowest BCUT2D eigenvalue weighted by Crippen LogP contribution is -2.27. The highest BCUT2D eigenvalue weighted by molar-refractivity contribution is 6.01. The molecule has 2 amide bonds. The fraction of sp³-hybridized carbons (Fsp3) is 0.227. The smallest absolute Gasteiger partial charge is 0.262 e. The van der Waals surface area contributed by atoms with Gasteiger partial charge in [0.2, 0.25) is 0 Å². The number of benzene rings is 2. The number of carbonyl (C=O) groups is 2. The molecule has 2 aromatic carbocycles. The van der Waals surface area contributed by atoms with Gasteiger partial charge >= 0.3 is 0 Å². The molecule has 0 saturated heterocycles. The summed E-state index contributed by atoms with van der Waals surface area (Å²) in [6.07, 6.45) is 1.47. The Morgan fingerprint density at radius 1 is 1.03 bits per heavy atom. The second-order valence-electron chi connectivity index (χ2n) is 6.05. The molecular formula is C22H23N3O5. The number of anilines is 1. The molecule has 0 aromatic heterocycles. The van der Waals surface area contributed by atoms with E-state index < -0.39 is 5.91 Å². The molecule has 8 nitrogen and oxygen atoms in total. The van der Waals surface area contributed by atoms with Gasteiger partial charge in [0, 0.05) is 19.3 Å². The number of hydrogen-bond acceptors (Lipinski definition) is 6. The summed E-state index contributed by atoms with van der Waals surface area (Å²) in [6, 6.07) is 15.5. The van der Waals surface area contributed by atoms with Gasteiger partial charge in [-0.05, 0) is 48.0 Å². The summed E-state index contributed by atoms with van der Waals surface area (Å²) in [6.45, 7) is 0.523. The van der Waals surface area contributed by atoms with Gasteiger partial charge in [-0.3, -0.25) is 9.59 Å². The zero-order valence-corrected chi connectivity index (χ0v) is 16.8. The van der Waals surface area contributed by atoms with E-state index in [2.05, 4.69) is 10.6 Å². The maximum absolute atomic E-state index is 12.0. The SMILES string of the molecule is COCCNC(=O)/C(C#N)=C/c1ccc(OCC(=O)Nc2ccc(OC)cc2)cc1. The summed E-state index contributed by atoms with van der Waals surface area (Å²) < 4.78 is 15.4. The van der Waals surface area contributed by atoms with E-state index in [1.807, 2.05) is 6.07 Å². The van der Waals surface area contributed by atoms with Gasteiger partial charge in [0.1, 0.15) is 23.1 Å². The molecule has 2 rings (SSSR count). The summed E-state index contributed by atoms with van der Waals surface area (Å²) >= 11 is 0. The minimum Gasteiger partial charge on any atom is -0.497 e. The molecule has 0 atom stereocenters. The molecule has 0 unspecified atom stereocenters. The Morgan fingerprint density at radius 3 is 2.30 bits per heavy atom. The number of carbonyl (C=O) groups excluding carboxylic acids is 2. The second kappa shape index (κ2) is 11.9. The minimum absolute atomic E-state index is 0.0151. The van der Waals surface area contributed by atoms with Gasteiger partial charge in [0.15, 0.2) is 6.61 Å². The zero-order chi connectivity index (χ0) is 21.8. The molecule has 0 aliphatic rings. The lowest BCUT2D eigenvalue weighted by Gasteiger charge is -2.08. The largest absolute Gasteiger partial charge is 0.497 e. The first-order valence-electron chi connectivity index (χ1n) is 9.11. The average Bonchev–Trinajstić information content (AvgIpc) is 2.77. The molecule has 156 valence electrons. The number of methoxy groups -OCH3 is 2. The van der Waals surface area contributed by atoms with Crippen LogP contribution in [0.25, 0.3) is 6.08 Å². The highest BCUT2D eigenvalue weighted by Gasteiger charge is 2.08. The maximum Gasteiger partial charge on any atom is 0.262 e. The van der Waals surface area contributed by atoms with Gasteiger partial charge in [0.05, 0.1) is 13.7 Å². The second-order valence-corrected chi connectivity index (χ2v) is 6.05. The van der Waals surface area contributed by atoms with Crippen molar-refractivity contribution in [1.82, 2.24) is 5.32 Å². The molecule has 0 radical (unpaired) electrons. The molecule has 0 fully saturated rings. The van der Waals surface area contributed by atoms with Gasteiger partial charge in [0.25, 0.3) is 11.8 Å². The van der Waals surface area contributed by atoms with Crippen molar-refractivity contribution < 1.29 is 23.8 Å². The van der Waals surface area contributed by atoms with Crippen molar-refractivity contribution in [2.24, 2.45) is 0 Å². The summed E-state index contributed by atoms with van der Waals surface area (Å²) in [5.74, 6) is 0.416. The Bertz CT molecular complexity index is 915. The number of nitrogens with one attached hydrogen (secondary N) is 2. The summed E-state index contributed by atoms with van der Waals surface area (Å²) in [5.41, 5.74) is 1.28. The van der Waals surface area contributed by atoms with E-state index in [0.717, 1.165) is 0 Å². The zero-order valence-electron chi connectivity index (χ0n) is 16.8. The third-order valence-corrected chi connectivity index (χ3v) is 3.89. The first-order chi connectivity index (χ1) is 14.5. The van der Waals surface area contributed by atoms with Crippen LogP contribution in [-0.2, 0) is 14.3 Å². The fourth-order valence-electron chi connectivity index (χ4n) is 2.36. The molecule has 2 N–H and O–H groups in total. The number of nitriles is 1. The fourth-order valence-corrected chi connectivity index (χ4v) is 2.36. The topological polar surface area (TPSA) is 110 Å². The van der Waals surface area contributed by atoms with Crippen LogP contribution in [0.15, 0.2) is 54.1 Å². The Hall–Kier alpha value is -3.83. The van der Waals surface area contributed by atoms with Gasteiger partial charge in [-0.15, -0.1) is 0 Å². The molecule has 0 bridgehead atoms. The predicted molar refractivity (Wildman–Crippen MR) is 112 cm³/mol. The van der Waals surface area contributed by atoms with Crippen molar-refractivity contribution in [3.8, 4) is 17.6 Å². The van der Waals surface area contributed by atoms with Gasteiger partial charge in [-0.25, -0.2) is 0 Å². The third kappa shape index (κ3) is 7.30. The third-order valence-electron chi connectivity index (χ3n) is 3.89. The van der Waals surface area contributed by atoms with Crippen molar-refractivity contribution in [3.05, 3.63) is 59.7 Å². The highest BCUT2D eigenvalue weighted by Crippen LogP contribution is 2.16. The van der Waals surface area contributed by atoms with Crippen molar-refractivity contribution >= 4 is 23.6 Å². The molecule has 0 spiro atoms. The van der Waals surface area contributed by atoms with Gasteiger partial charge < -0.3 is 24.8 Å². The minimum atomic E-state index is -0.468. The molecule has 0 saturated carbocycles. The molecule has 0 aliphatic carbocycles. The van der Waals surface area contributed by atoms with Crippen molar-refractivity contribution in [2.75, 3.05) is 39.3 Å². The molecular weight excluding hydrogens is 386 g/mol. The van der Waals surface area contributed by atoms with Crippen LogP contribution in [0.4, 0.5) is 5.69 Å². The Morgan fingerprint density at radius 2 is 1.70 bits per heavy atom. The van der Waals surface area contributed by atoms with E-state index >= 15 is 0 Å². The first kappa shape index (κ1) is 22.5. The first-order valence-corrected chi connectivity index (χ1v) is 9.11. The number of amides is 2. The molecule has 2 aromatic rings. The number of hydrogen-bond donors (Lipinski definition) is 2. The van der Waals surface area contributed by atoms with Gasteiger partial charge in [-0.1, -0.05) is 12.1 Å². The average molecular weight is 409 g/mol. The molecule has 30 heavy (non-hydrogen) atoms. The number of nitrogens with zero attached hydrogens (tertiary/aromatic N) is 1. The maximum atomic E-state index is 12.0. The Labute approximate surface area is 175 Å². The summed E-state index contributed by atoms with van der Waals surface area (Å²) in [7, 11) is 3.10. The van der Waals surface area contributed by atoms with Crippen molar-refractivity contribution in [2.45, 2.75) is 0 Å². The Balaban J connectivity index is 1.87. The lowest BCUT2D eigenvalue weighted by molar-refractivity contribution is -0.118. The van der Waals surface area contributed by atoms with Crippen molar-refractivity contribution in [3.63, 3.8) is 0 Å². The van der Waals surface area contributed by atoms with Crippen LogP contribution in [0.1, 0.15) is 5.56 Å².